The first-order valence-corrected chi connectivity index (χ1v) is 8.15. The SMILES string of the molecule is COc1ccc2cc(-c3nn(C(C)C)c4ncnc(N)c34)ccc2c1.Cl. The molecule has 4 rings (SSSR count). The zero-order valence-corrected chi connectivity index (χ0v) is 15.6. The van der Waals surface area contributed by atoms with E-state index in [2.05, 4.69) is 35.9 Å². The Morgan fingerprint density at radius 2 is 1.77 bits per heavy atom. The number of benzene rings is 2. The van der Waals surface area contributed by atoms with E-state index in [4.69, 9.17) is 15.6 Å². The smallest absolute Gasteiger partial charge is 0.164 e. The molecule has 6 nitrogen and oxygen atoms in total. The van der Waals surface area contributed by atoms with Gasteiger partial charge in [-0.25, -0.2) is 14.6 Å². The van der Waals surface area contributed by atoms with E-state index in [-0.39, 0.29) is 18.4 Å². The zero-order valence-electron chi connectivity index (χ0n) is 14.8. The van der Waals surface area contributed by atoms with Crippen LogP contribution in [0.4, 0.5) is 5.82 Å². The largest absolute Gasteiger partial charge is 0.497 e. The number of nitrogens with zero attached hydrogens (tertiary/aromatic N) is 4. The molecule has 0 radical (unpaired) electrons. The number of methoxy groups -OCH3 is 1. The molecule has 2 aromatic carbocycles. The molecule has 0 atom stereocenters. The third kappa shape index (κ3) is 2.82. The van der Waals surface area contributed by atoms with Gasteiger partial charge in [0.2, 0.25) is 0 Å². The maximum Gasteiger partial charge on any atom is 0.164 e. The summed E-state index contributed by atoms with van der Waals surface area (Å²) in [6, 6.07) is 12.4. The molecule has 0 fully saturated rings. The molecule has 0 unspecified atom stereocenters. The summed E-state index contributed by atoms with van der Waals surface area (Å²) >= 11 is 0. The van der Waals surface area contributed by atoms with E-state index >= 15 is 0 Å². The van der Waals surface area contributed by atoms with Crippen molar-refractivity contribution < 1.29 is 4.74 Å². The zero-order chi connectivity index (χ0) is 17.6. The molecule has 7 heteroatoms. The van der Waals surface area contributed by atoms with Crippen LogP contribution >= 0.6 is 12.4 Å². The van der Waals surface area contributed by atoms with Crippen molar-refractivity contribution in [1.29, 1.82) is 0 Å². The van der Waals surface area contributed by atoms with Gasteiger partial charge in [-0.3, -0.25) is 0 Å². The van der Waals surface area contributed by atoms with Gasteiger partial charge in [-0.2, -0.15) is 5.10 Å². The Balaban J connectivity index is 0.00000196. The molecule has 0 aliphatic carbocycles. The number of nitrogen functional groups attached to an aromatic ring is 1. The maximum absolute atomic E-state index is 6.14. The Bertz CT molecular complexity index is 1090. The predicted molar refractivity (Wildman–Crippen MR) is 107 cm³/mol. The Hall–Kier alpha value is -2.86. The number of rotatable bonds is 3. The molecule has 2 aromatic heterocycles. The third-order valence-corrected chi connectivity index (χ3v) is 4.33. The van der Waals surface area contributed by atoms with E-state index in [1.54, 1.807) is 7.11 Å². The second-order valence-electron chi connectivity index (χ2n) is 6.27. The summed E-state index contributed by atoms with van der Waals surface area (Å²) < 4.78 is 7.18. The van der Waals surface area contributed by atoms with E-state index in [1.165, 1.54) is 6.33 Å². The van der Waals surface area contributed by atoms with Crippen molar-refractivity contribution in [2.45, 2.75) is 19.9 Å². The Kier molecular flexibility index (Phi) is 4.70. The standard InChI is InChI=1S/C19H19N5O.ClH/c1-11(2)24-19-16(18(20)21-10-22-19)17(23-24)14-5-4-13-9-15(25-3)7-6-12(13)8-14;/h4-11H,1-3H3,(H2,20,21,22);1H. The molecule has 0 aliphatic rings. The second-order valence-corrected chi connectivity index (χ2v) is 6.27. The van der Waals surface area contributed by atoms with Crippen molar-refractivity contribution in [1.82, 2.24) is 19.7 Å². The molecule has 2 heterocycles. The van der Waals surface area contributed by atoms with Crippen LogP contribution in [0.15, 0.2) is 42.7 Å². The molecular weight excluding hydrogens is 350 g/mol. The van der Waals surface area contributed by atoms with Crippen LogP contribution in [-0.4, -0.2) is 26.9 Å². The van der Waals surface area contributed by atoms with Crippen molar-refractivity contribution in [3.63, 3.8) is 0 Å². The topological polar surface area (TPSA) is 78.8 Å². The average Bonchev–Trinajstić information content (AvgIpc) is 3.02. The Morgan fingerprint density at radius 3 is 2.50 bits per heavy atom. The van der Waals surface area contributed by atoms with Crippen LogP contribution in [0, 0.1) is 0 Å². The molecule has 0 aliphatic heterocycles. The van der Waals surface area contributed by atoms with Gasteiger partial charge in [0.15, 0.2) is 5.65 Å². The number of aromatic nitrogens is 4. The lowest BCUT2D eigenvalue weighted by atomic mass is 10.0. The number of anilines is 1. The Morgan fingerprint density at radius 1 is 1.04 bits per heavy atom. The van der Waals surface area contributed by atoms with Crippen molar-refractivity contribution in [3.8, 4) is 17.0 Å². The van der Waals surface area contributed by atoms with Crippen molar-refractivity contribution in [3.05, 3.63) is 42.7 Å². The number of hydrogen-bond donors (Lipinski definition) is 1. The van der Waals surface area contributed by atoms with Crippen LogP contribution in [-0.2, 0) is 0 Å². The van der Waals surface area contributed by atoms with Gasteiger partial charge in [0, 0.05) is 11.6 Å². The summed E-state index contributed by atoms with van der Waals surface area (Å²) in [5.74, 6) is 1.29. The number of ether oxygens (including phenoxy) is 1. The monoisotopic (exact) mass is 369 g/mol. The summed E-state index contributed by atoms with van der Waals surface area (Å²) in [6.07, 6.45) is 1.48. The fourth-order valence-corrected chi connectivity index (χ4v) is 3.06. The van der Waals surface area contributed by atoms with Crippen LogP contribution in [0.3, 0.4) is 0 Å². The minimum atomic E-state index is 0. The quantitative estimate of drug-likeness (QED) is 0.584. The minimum absolute atomic E-state index is 0. The molecule has 0 saturated carbocycles. The number of halogens is 1. The summed E-state index contributed by atoms with van der Waals surface area (Å²) in [5, 5.41) is 7.79. The molecule has 134 valence electrons. The van der Waals surface area contributed by atoms with Gasteiger partial charge in [0.1, 0.15) is 23.6 Å². The van der Waals surface area contributed by atoms with Gasteiger partial charge in [0.05, 0.1) is 12.5 Å². The van der Waals surface area contributed by atoms with E-state index in [0.717, 1.165) is 38.8 Å². The normalized spacial score (nSPS) is 11.1. The highest BCUT2D eigenvalue weighted by atomic mass is 35.5. The molecule has 0 saturated heterocycles. The number of nitrogens with two attached hydrogens (primary N) is 1. The van der Waals surface area contributed by atoms with Gasteiger partial charge >= 0.3 is 0 Å². The number of hydrogen-bond acceptors (Lipinski definition) is 5. The first-order chi connectivity index (χ1) is 12.1. The fraction of sp³-hybridized carbons (Fsp3) is 0.211. The van der Waals surface area contributed by atoms with Gasteiger partial charge < -0.3 is 10.5 Å². The summed E-state index contributed by atoms with van der Waals surface area (Å²) in [5.41, 5.74) is 8.69. The first-order valence-electron chi connectivity index (χ1n) is 8.15. The van der Waals surface area contributed by atoms with Crippen molar-refractivity contribution >= 4 is 40.0 Å². The molecule has 0 bridgehead atoms. The van der Waals surface area contributed by atoms with E-state index in [9.17, 15) is 0 Å². The molecule has 4 aromatic rings. The minimum Gasteiger partial charge on any atom is -0.497 e. The van der Waals surface area contributed by atoms with Gasteiger partial charge in [-0.05, 0) is 42.8 Å². The molecule has 26 heavy (non-hydrogen) atoms. The third-order valence-electron chi connectivity index (χ3n) is 4.33. The van der Waals surface area contributed by atoms with E-state index in [1.807, 2.05) is 28.9 Å². The molecule has 0 spiro atoms. The lowest BCUT2D eigenvalue weighted by Gasteiger charge is -2.06. The van der Waals surface area contributed by atoms with E-state index < -0.39 is 0 Å². The predicted octanol–water partition coefficient (Wildman–Crippen LogP) is 4.24. The lowest BCUT2D eigenvalue weighted by Crippen LogP contribution is -2.04. The highest BCUT2D eigenvalue weighted by molar-refractivity contribution is 6.00. The van der Waals surface area contributed by atoms with Crippen LogP contribution < -0.4 is 10.5 Å². The highest BCUT2D eigenvalue weighted by Crippen LogP contribution is 2.33. The highest BCUT2D eigenvalue weighted by Gasteiger charge is 2.18. The molecular formula is C19H20ClN5O. The van der Waals surface area contributed by atoms with Crippen LogP contribution in [0.2, 0.25) is 0 Å². The summed E-state index contributed by atoms with van der Waals surface area (Å²) in [4.78, 5) is 8.54. The first kappa shape index (κ1) is 17.9. The summed E-state index contributed by atoms with van der Waals surface area (Å²) in [6.45, 7) is 4.14. The second kappa shape index (κ2) is 6.80. The van der Waals surface area contributed by atoms with Crippen molar-refractivity contribution in [2.75, 3.05) is 12.8 Å². The van der Waals surface area contributed by atoms with Gasteiger partial charge in [-0.1, -0.05) is 18.2 Å². The van der Waals surface area contributed by atoms with Gasteiger partial charge in [0.25, 0.3) is 0 Å². The lowest BCUT2D eigenvalue weighted by molar-refractivity contribution is 0.415. The molecule has 0 amide bonds. The summed E-state index contributed by atoms with van der Waals surface area (Å²) in [7, 11) is 1.67. The van der Waals surface area contributed by atoms with Crippen LogP contribution in [0.5, 0.6) is 5.75 Å². The van der Waals surface area contributed by atoms with Crippen LogP contribution in [0.1, 0.15) is 19.9 Å². The average molecular weight is 370 g/mol. The fourth-order valence-electron chi connectivity index (χ4n) is 3.06. The van der Waals surface area contributed by atoms with Gasteiger partial charge in [-0.15, -0.1) is 12.4 Å². The van der Waals surface area contributed by atoms with E-state index in [0.29, 0.717) is 5.82 Å². The Labute approximate surface area is 157 Å². The van der Waals surface area contributed by atoms with Crippen LogP contribution in [0.25, 0.3) is 33.1 Å². The number of fused-ring (bicyclic) bond motifs is 2. The maximum atomic E-state index is 6.14. The molecule has 2 N–H and O–H groups in total. The van der Waals surface area contributed by atoms with Crippen molar-refractivity contribution in [2.24, 2.45) is 0 Å².